The van der Waals surface area contributed by atoms with E-state index < -0.39 is 0 Å². The van der Waals surface area contributed by atoms with E-state index in [-0.39, 0.29) is 11.9 Å². The molecule has 0 radical (unpaired) electrons. The number of carbonyl (C=O) groups excluding carboxylic acids is 1. The second-order valence-electron chi connectivity index (χ2n) is 5.70. The first-order chi connectivity index (χ1) is 11.3. The highest BCUT2D eigenvalue weighted by atomic mass is 16.2. The summed E-state index contributed by atoms with van der Waals surface area (Å²) in [6.45, 7) is 0.691. The second kappa shape index (κ2) is 5.72. The molecule has 1 aliphatic heterocycles. The number of amides is 1. The number of nitrogens with zero attached hydrogens (tertiary/aromatic N) is 2. The average molecular weight is 303 g/mol. The maximum absolute atomic E-state index is 12.9. The quantitative estimate of drug-likeness (QED) is 0.790. The summed E-state index contributed by atoms with van der Waals surface area (Å²) in [7, 11) is 0. The summed E-state index contributed by atoms with van der Waals surface area (Å²) in [5.41, 5.74) is 3.63. The van der Waals surface area contributed by atoms with Gasteiger partial charge >= 0.3 is 0 Å². The van der Waals surface area contributed by atoms with Gasteiger partial charge in [0, 0.05) is 18.9 Å². The van der Waals surface area contributed by atoms with Crippen LogP contribution in [0.1, 0.15) is 33.4 Å². The summed E-state index contributed by atoms with van der Waals surface area (Å²) < 4.78 is 0. The number of H-pyrrole nitrogens is 1. The Morgan fingerprint density at radius 3 is 2.65 bits per heavy atom. The van der Waals surface area contributed by atoms with Gasteiger partial charge in [0.05, 0.1) is 6.04 Å². The van der Waals surface area contributed by atoms with Crippen molar-refractivity contribution in [1.82, 2.24) is 14.9 Å². The fourth-order valence-electron chi connectivity index (χ4n) is 3.30. The van der Waals surface area contributed by atoms with Crippen LogP contribution in [0.4, 0.5) is 0 Å². The summed E-state index contributed by atoms with van der Waals surface area (Å²) in [6.07, 6.45) is 4.16. The zero-order valence-corrected chi connectivity index (χ0v) is 12.6. The van der Waals surface area contributed by atoms with E-state index in [1.165, 1.54) is 11.1 Å². The Morgan fingerprint density at radius 2 is 1.87 bits per heavy atom. The molecule has 4 rings (SSSR count). The van der Waals surface area contributed by atoms with Gasteiger partial charge in [-0.2, -0.15) is 0 Å². The predicted octanol–water partition coefficient (Wildman–Crippen LogP) is 3.20. The van der Waals surface area contributed by atoms with Crippen molar-refractivity contribution < 1.29 is 4.79 Å². The normalized spacial score (nSPS) is 16.9. The molecule has 4 heteroatoms. The minimum Gasteiger partial charge on any atom is -0.341 e. The molecular formula is C19H17N3O. The van der Waals surface area contributed by atoms with Crippen LogP contribution in [0.3, 0.4) is 0 Å². The van der Waals surface area contributed by atoms with Crippen LogP contribution in [0.25, 0.3) is 0 Å². The lowest BCUT2D eigenvalue weighted by Gasteiger charge is -2.37. The number of hydrogen-bond acceptors (Lipinski definition) is 2. The van der Waals surface area contributed by atoms with Crippen molar-refractivity contribution in [1.29, 1.82) is 0 Å². The molecule has 0 fully saturated rings. The molecule has 0 saturated carbocycles. The first-order valence-electron chi connectivity index (χ1n) is 7.77. The molecule has 2 heterocycles. The van der Waals surface area contributed by atoms with E-state index in [9.17, 15) is 4.79 Å². The Hall–Kier alpha value is -2.88. The van der Waals surface area contributed by atoms with Crippen molar-refractivity contribution in [3.05, 3.63) is 89.5 Å². The molecule has 1 unspecified atom stereocenters. The number of nitrogens with one attached hydrogen (secondary N) is 1. The van der Waals surface area contributed by atoms with Crippen LogP contribution in [-0.2, 0) is 6.42 Å². The van der Waals surface area contributed by atoms with Gasteiger partial charge in [-0.05, 0) is 23.1 Å². The molecular weight excluding hydrogens is 286 g/mol. The minimum atomic E-state index is -0.0706. The van der Waals surface area contributed by atoms with Gasteiger partial charge in [0.2, 0.25) is 0 Å². The third-order valence-corrected chi connectivity index (χ3v) is 4.36. The number of aromatic nitrogens is 2. The molecule has 1 N–H and O–H groups in total. The first kappa shape index (κ1) is 13.8. The average Bonchev–Trinajstić information content (AvgIpc) is 3.15. The number of imidazole rings is 1. The van der Waals surface area contributed by atoms with Crippen molar-refractivity contribution in [2.75, 3.05) is 6.54 Å². The molecule has 1 aromatic heterocycles. The van der Waals surface area contributed by atoms with Crippen LogP contribution in [0.5, 0.6) is 0 Å². The monoisotopic (exact) mass is 303 g/mol. The predicted molar refractivity (Wildman–Crippen MR) is 88.1 cm³/mol. The van der Waals surface area contributed by atoms with Crippen LogP contribution < -0.4 is 0 Å². The first-order valence-corrected chi connectivity index (χ1v) is 7.77. The fraction of sp³-hybridized carbons (Fsp3) is 0.158. The van der Waals surface area contributed by atoms with Gasteiger partial charge in [-0.15, -0.1) is 0 Å². The molecule has 0 spiro atoms. The van der Waals surface area contributed by atoms with E-state index in [4.69, 9.17) is 0 Å². The number of benzene rings is 2. The number of aromatic amines is 1. The lowest BCUT2D eigenvalue weighted by atomic mass is 9.88. The van der Waals surface area contributed by atoms with E-state index in [2.05, 4.69) is 40.3 Å². The zero-order valence-electron chi connectivity index (χ0n) is 12.6. The number of fused-ring (bicyclic) bond motifs is 1. The Morgan fingerprint density at radius 1 is 1.09 bits per heavy atom. The smallest absolute Gasteiger partial charge is 0.290 e. The van der Waals surface area contributed by atoms with Crippen molar-refractivity contribution in [3.8, 4) is 0 Å². The highest BCUT2D eigenvalue weighted by molar-refractivity contribution is 5.91. The second-order valence-corrected chi connectivity index (χ2v) is 5.70. The summed E-state index contributed by atoms with van der Waals surface area (Å²) in [4.78, 5) is 21.9. The van der Waals surface area contributed by atoms with Crippen molar-refractivity contribution in [2.45, 2.75) is 12.5 Å². The van der Waals surface area contributed by atoms with Crippen LogP contribution in [0.2, 0.25) is 0 Å². The van der Waals surface area contributed by atoms with E-state index in [0.717, 1.165) is 12.0 Å². The van der Waals surface area contributed by atoms with E-state index in [0.29, 0.717) is 12.4 Å². The van der Waals surface area contributed by atoms with Gasteiger partial charge in [0.15, 0.2) is 5.82 Å². The third kappa shape index (κ3) is 2.42. The number of carbonyl (C=O) groups is 1. The third-order valence-electron chi connectivity index (χ3n) is 4.36. The Labute approximate surface area is 134 Å². The maximum Gasteiger partial charge on any atom is 0.290 e. The van der Waals surface area contributed by atoms with E-state index in [1.807, 2.05) is 29.2 Å². The Bertz CT molecular complexity index is 812. The fourth-order valence-corrected chi connectivity index (χ4v) is 3.30. The summed E-state index contributed by atoms with van der Waals surface area (Å²) in [5.74, 6) is 0.337. The summed E-state index contributed by atoms with van der Waals surface area (Å²) in [6, 6.07) is 18.5. The van der Waals surface area contributed by atoms with E-state index in [1.54, 1.807) is 12.4 Å². The van der Waals surface area contributed by atoms with Gasteiger partial charge in [0.25, 0.3) is 5.91 Å². The molecule has 1 atom stereocenters. The van der Waals surface area contributed by atoms with Crippen molar-refractivity contribution >= 4 is 5.91 Å². The standard InChI is InChI=1S/C19H17N3O/c23-19(18-20-11-12-21-18)22-13-10-14-6-4-5-9-16(14)17(22)15-7-2-1-3-8-15/h1-9,11-12,17H,10,13H2,(H,20,21). The van der Waals surface area contributed by atoms with Gasteiger partial charge < -0.3 is 9.88 Å². The molecule has 114 valence electrons. The molecule has 0 bridgehead atoms. The van der Waals surface area contributed by atoms with Crippen LogP contribution in [0, 0.1) is 0 Å². The van der Waals surface area contributed by atoms with Crippen LogP contribution >= 0.6 is 0 Å². The van der Waals surface area contributed by atoms with Crippen molar-refractivity contribution in [2.24, 2.45) is 0 Å². The Balaban J connectivity index is 1.81. The molecule has 1 aliphatic rings. The SMILES string of the molecule is O=C(c1ncc[nH]1)N1CCc2ccccc2C1c1ccccc1. The molecule has 2 aromatic carbocycles. The van der Waals surface area contributed by atoms with Gasteiger partial charge in [0.1, 0.15) is 0 Å². The lowest BCUT2D eigenvalue weighted by molar-refractivity contribution is 0.0683. The number of rotatable bonds is 2. The molecule has 0 saturated heterocycles. The van der Waals surface area contributed by atoms with Crippen LogP contribution in [-0.4, -0.2) is 27.3 Å². The largest absolute Gasteiger partial charge is 0.341 e. The van der Waals surface area contributed by atoms with Gasteiger partial charge in [-0.1, -0.05) is 54.6 Å². The molecule has 1 amide bonds. The Kier molecular flexibility index (Phi) is 3.42. The highest BCUT2D eigenvalue weighted by Crippen LogP contribution is 2.35. The molecule has 23 heavy (non-hydrogen) atoms. The highest BCUT2D eigenvalue weighted by Gasteiger charge is 2.33. The lowest BCUT2D eigenvalue weighted by Crippen LogP contribution is -2.41. The van der Waals surface area contributed by atoms with Gasteiger partial charge in [-0.3, -0.25) is 4.79 Å². The topological polar surface area (TPSA) is 49.0 Å². The molecule has 4 nitrogen and oxygen atoms in total. The van der Waals surface area contributed by atoms with Crippen LogP contribution in [0.15, 0.2) is 67.0 Å². The molecule has 3 aromatic rings. The minimum absolute atomic E-state index is 0.0571. The van der Waals surface area contributed by atoms with Gasteiger partial charge in [-0.25, -0.2) is 4.98 Å². The van der Waals surface area contributed by atoms with E-state index >= 15 is 0 Å². The molecule has 0 aliphatic carbocycles. The summed E-state index contributed by atoms with van der Waals surface area (Å²) >= 11 is 0. The maximum atomic E-state index is 12.9. The van der Waals surface area contributed by atoms with Crippen molar-refractivity contribution in [3.63, 3.8) is 0 Å². The summed E-state index contributed by atoms with van der Waals surface area (Å²) in [5, 5.41) is 0. The zero-order chi connectivity index (χ0) is 15.6. The number of hydrogen-bond donors (Lipinski definition) is 1.